The van der Waals surface area contributed by atoms with Gasteiger partial charge in [0, 0.05) is 6.08 Å². The van der Waals surface area contributed by atoms with E-state index in [1.165, 1.54) is 13.2 Å². The van der Waals surface area contributed by atoms with Gasteiger partial charge in [-0.25, -0.2) is 4.79 Å². The van der Waals surface area contributed by atoms with Crippen molar-refractivity contribution in [2.45, 2.75) is 0 Å². The highest BCUT2D eigenvalue weighted by Gasteiger charge is 2.16. The van der Waals surface area contributed by atoms with Crippen LogP contribution in [0, 0.1) is 10.1 Å². The first kappa shape index (κ1) is 11.9. The summed E-state index contributed by atoms with van der Waals surface area (Å²) >= 11 is 4.14. The van der Waals surface area contributed by atoms with Crippen molar-refractivity contribution < 1.29 is 14.5 Å². The first-order valence-corrected chi connectivity index (χ1v) is 5.35. The second kappa shape index (κ2) is 5.04. The molecule has 0 aromatic carbocycles. The molecule has 1 heterocycles. The van der Waals surface area contributed by atoms with Crippen LogP contribution in [0.25, 0.3) is 6.08 Å². The summed E-state index contributed by atoms with van der Waals surface area (Å²) in [4.78, 5) is 20.9. The van der Waals surface area contributed by atoms with E-state index in [-0.39, 0.29) is 5.00 Å². The number of carbonyl (C=O) groups excluding carboxylic acids is 1. The van der Waals surface area contributed by atoms with Crippen molar-refractivity contribution in [3.05, 3.63) is 31.6 Å². The van der Waals surface area contributed by atoms with Crippen LogP contribution >= 0.6 is 27.3 Å². The lowest BCUT2D eigenvalue weighted by Crippen LogP contribution is -1.93. The molecule has 1 aromatic rings. The number of methoxy groups -OCH3 is 1. The summed E-state index contributed by atoms with van der Waals surface area (Å²) in [7, 11) is 1.24. The molecule has 80 valence electrons. The number of nitrogens with zero attached hydrogens (tertiary/aromatic N) is 1. The smallest absolute Gasteiger partial charge is 0.332 e. The number of esters is 1. The molecule has 0 saturated heterocycles. The fraction of sp³-hybridized carbons (Fsp3) is 0.125. The van der Waals surface area contributed by atoms with Gasteiger partial charge in [0.05, 0.1) is 21.4 Å². The van der Waals surface area contributed by atoms with Crippen LogP contribution in [0.4, 0.5) is 5.00 Å². The van der Waals surface area contributed by atoms with Gasteiger partial charge in [-0.15, -0.1) is 0 Å². The molecule has 0 aliphatic rings. The zero-order chi connectivity index (χ0) is 11.4. The second-order valence-corrected chi connectivity index (χ2v) is 4.83. The minimum atomic E-state index is -0.549. The maximum Gasteiger partial charge on any atom is 0.332 e. The molecule has 1 rings (SSSR count). The van der Waals surface area contributed by atoms with Crippen LogP contribution in [0.3, 0.4) is 0 Å². The van der Waals surface area contributed by atoms with Crippen molar-refractivity contribution in [1.29, 1.82) is 0 Å². The minimum absolute atomic E-state index is 0.0120. The quantitative estimate of drug-likeness (QED) is 0.371. The number of halogens is 1. The van der Waals surface area contributed by atoms with Crippen molar-refractivity contribution in [2.24, 2.45) is 0 Å². The summed E-state index contributed by atoms with van der Waals surface area (Å²) in [5.74, 6) is -0.549. The molecule has 0 amide bonds. The number of ether oxygens (including phenoxy) is 1. The first-order valence-electron chi connectivity index (χ1n) is 3.74. The van der Waals surface area contributed by atoms with Crippen LogP contribution in [0.15, 0.2) is 15.9 Å². The Hall–Kier alpha value is -1.21. The molecule has 0 aliphatic carbocycles. The summed E-state index contributed by atoms with van der Waals surface area (Å²) in [5.41, 5.74) is 0.377. The van der Waals surface area contributed by atoms with Gasteiger partial charge < -0.3 is 4.74 Å². The van der Waals surface area contributed by atoms with E-state index in [4.69, 9.17) is 0 Å². The molecule has 0 saturated carbocycles. The Bertz CT molecular complexity index is 426. The third kappa shape index (κ3) is 3.14. The van der Waals surface area contributed by atoms with E-state index >= 15 is 0 Å². The molecule has 0 spiro atoms. The predicted molar refractivity (Wildman–Crippen MR) is 59.7 cm³/mol. The lowest BCUT2D eigenvalue weighted by Gasteiger charge is -1.89. The van der Waals surface area contributed by atoms with Crippen LogP contribution in [-0.4, -0.2) is 18.0 Å². The Kier molecular flexibility index (Phi) is 3.98. The molecule has 0 radical (unpaired) electrons. The SMILES string of the molecule is COC(=O)/C=C\c1cc(Br)sc1[N+](=O)[O-]. The average molecular weight is 292 g/mol. The number of thiophene rings is 1. The van der Waals surface area contributed by atoms with Gasteiger partial charge in [-0.2, -0.15) is 0 Å². The fourth-order valence-corrected chi connectivity index (χ4v) is 2.25. The van der Waals surface area contributed by atoms with Crippen molar-refractivity contribution in [3.63, 3.8) is 0 Å². The monoisotopic (exact) mass is 291 g/mol. The molecule has 5 nitrogen and oxygen atoms in total. The average Bonchev–Trinajstić information content (AvgIpc) is 2.56. The van der Waals surface area contributed by atoms with E-state index < -0.39 is 10.9 Å². The first-order chi connectivity index (χ1) is 7.04. The van der Waals surface area contributed by atoms with Crippen molar-refractivity contribution in [1.82, 2.24) is 0 Å². The molecule has 15 heavy (non-hydrogen) atoms. The molecule has 1 aromatic heterocycles. The predicted octanol–water partition coefficient (Wildman–Crippen LogP) is 2.61. The lowest BCUT2D eigenvalue weighted by atomic mass is 10.3. The molecule has 0 bridgehead atoms. The maximum absolute atomic E-state index is 10.8. The van der Waals surface area contributed by atoms with E-state index in [0.29, 0.717) is 9.35 Å². The molecule has 0 aliphatic heterocycles. The van der Waals surface area contributed by atoms with Gasteiger partial charge in [0.1, 0.15) is 0 Å². The third-order valence-electron chi connectivity index (χ3n) is 1.48. The van der Waals surface area contributed by atoms with Gasteiger partial charge in [-0.3, -0.25) is 10.1 Å². The number of nitro groups is 1. The zero-order valence-corrected chi connectivity index (χ0v) is 10.0. The van der Waals surface area contributed by atoms with E-state index in [1.54, 1.807) is 6.07 Å². The standard InChI is InChI=1S/C8H6BrNO4S/c1-14-7(11)3-2-5-4-6(9)15-8(5)10(12)13/h2-4H,1H3/b3-2-. The highest BCUT2D eigenvalue weighted by Crippen LogP contribution is 2.34. The fourth-order valence-electron chi connectivity index (χ4n) is 0.853. The van der Waals surface area contributed by atoms with E-state index in [1.807, 2.05) is 0 Å². The topological polar surface area (TPSA) is 69.4 Å². The van der Waals surface area contributed by atoms with Gasteiger partial charge in [0.2, 0.25) is 0 Å². The summed E-state index contributed by atoms with van der Waals surface area (Å²) in [6.07, 6.45) is 2.49. The van der Waals surface area contributed by atoms with Crippen LogP contribution in [0.2, 0.25) is 0 Å². The van der Waals surface area contributed by atoms with E-state index in [9.17, 15) is 14.9 Å². The van der Waals surface area contributed by atoms with Crippen LogP contribution in [0.5, 0.6) is 0 Å². The van der Waals surface area contributed by atoms with Gasteiger partial charge in [0.25, 0.3) is 0 Å². The molecule has 0 atom stereocenters. The maximum atomic E-state index is 10.8. The molecule has 0 fully saturated rings. The van der Waals surface area contributed by atoms with E-state index in [2.05, 4.69) is 20.7 Å². The molecular weight excluding hydrogens is 286 g/mol. The Labute approximate surface area is 97.6 Å². The van der Waals surface area contributed by atoms with Gasteiger partial charge in [-0.1, -0.05) is 11.3 Å². The molecule has 0 N–H and O–H groups in total. The third-order valence-corrected chi connectivity index (χ3v) is 3.08. The van der Waals surface area contributed by atoms with Gasteiger partial charge >= 0.3 is 11.0 Å². The molecule has 7 heteroatoms. The number of hydrogen-bond acceptors (Lipinski definition) is 5. The van der Waals surface area contributed by atoms with Crippen LogP contribution in [0.1, 0.15) is 5.56 Å². The minimum Gasteiger partial charge on any atom is -0.466 e. The summed E-state index contributed by atoms with van der Waals surface area (Å²) in [6, 6.07) is 1.57. The largest absolute Gasteiger partial charge is 0.466 e. The Morgan fingerprint density at radius 1 is 1.73 bits per heavy atom. The number of rotatable bonds is 3. The van der Waals surface area contributed by atoms with Crippen molar-refractivity contribution >= 4 is 44.3 Å². The van der Waals surface area contributed by atoms with Crippen molar-refractivity contribution in [2.75, 3.05) is 7.11 Å². The number of carbonyl (C=O) groups is 1. The highest BCUT2D eigenvalue weighted by atomic mass is 79.9. The van der Waals surface area contributed by atoms with Gasteiger partial charge in [-0.05, 0) is 28.1 Å². The second-order valence-electron chi connectivity index (χ2n) is 2.42. The van der Waals surface area contributed by atoms with Gasteiger partial charge in [0.15, 0.2) is 0 Å². The Balaban J connectivity index is 2.98. The zero-order valence-electron chi connectivity index (χ0n) is 7.60. The lowest BCUT2D eigenvalue weighted by molar-refractivity contribution is -0.380. The Morgan fingerprint density at radius 2 is 2.40 bits per heavy atom. The normalized spacial score (nSPS) is 10.5. The van der Waals surface area contributed by atoms with Crippen LogP contribution < -0.4 is 0 Å². The molecular formula is C8H6BrNO4S. The summed E-state index contributed by atoms with van der Waals surface area (Å²) in [6.45, 7) is 0. The van der Waals surface area contributed by atoms with E-state index in [0.717, 1.165) is 17.4 Å². The Morgan fingerprint density at radius 3 is 2.93 bits per heavy atom. The molecule has 0 unspecified atom stereocenters. The number of hydrogen-bond donors (Lipinski definition) is 0. The highest BCUT2D eigenvalue weighted by molar-refractivity contribution is 9.11. The summed E-state index contributed by atoms with van der Waals surface area (Å²) < 4.78 is 5.01. The summed E-state index contributed by atoms with van der Waals surface area (Å²) in [5, 5.41) is 10.6. The van der Waals surface area contributed by atoms with Crippen LogP contribution in [-0.2, 0) is 9.53 Å². The van der Waals surface area contributed by atoms with Crippen molar-refractivity contribution in [3.8, 4) is 0 Å².